The first-order valence-corrected chi connectivity index (χ1v) is 17.9. The molecule has 3 nitrogen and oxygen atoms in total. The molecule has 0 fully saturated rings. The number of nitrogens with zero attached hydrogens (tertiary/aromatic N) is 3. The van der Waals surface area contributed by atoms with E-state index in [1.54, 1.807) is 12.1 Å². The van der Waals surface area contributed by atoms with Gasteiger partial charge in [0.25, 0.3) is 0 Å². The zero-order valence-corrected chi connectivity index (χ0v) is 32.6. The minimum atomic E-state index is -2.18. The summed E-state index contributed by atoms with van der Waals surface area (Å²) in [5, 5.41) is 4.59. The molecule has 0 aliphatic heterocycles. The molecule has 52 heavy (non-hydrogen) atoms. The molecule has 0 atom stereocenters. The Morgan fingerprint density at radius 1 is 0.769 bits per heavy atom. The number of pyridine rings is 1. The van der Waals surface area contributed by atoms with E-state index in [2.05, 4.69) is 85.1 Å². The second-order valence-electron chi connectivity index (χ2n) is 13.1. The molecular weight excluding hydrogens is 831 g/mol. The number of hydrogen-bond acceptors (Lipinski definition) is 3. The summed E-state index contributed by atoms with van der Waals surface area (Å²) >= 11 is 1.52. The molecule has 5 heteroatoms. The maximum atomic E-state index is 8.85. The number of rotatable bonds is 7. The first-order chi connectivity index (χ1) is 27.9. The van der Waals surface area contributed by atoms with Gasteiger partial charge in [0.05, 0.1) is 16.9 Å². The molecule has 0 saturated heterocycles. The van der Waals surface area contributed by atoms with Crippen LogP contribution in [0.4, 0.5) is 0 Å². The van der Waals surface area contributed by atoms with Crippen molar-refractivity contribution in [1.29, 1.82) is 0 Å². The summed E-state index contributed by atoms with van der Waals surface area (Å²) in [5.74, 6) is 1.56. The number of aryl methyl sites for hydroxylation is 2. The van der Waals surface area contributed by atoms with Crippen molar-refractivity contribution in [2.45, 2.75) is 59.6 Å². The van der Waals surface area contributed by atoms with Gasteiger partial charge in [-0.15, -0.1) is 46.8 Å². The monoisotopic (exact) mass is 882 g/mol. The summed E-state index contributed by atoms with van der Waals surface area (Å²) in [6, 6.07) is 40.7. The van der Waals surface area contributed by atoms with Gasteiger partial charge in [0.2, 0.25) is 0 Å². The molecule has 8 aromatic rings. The molecule has 0 bridgehead atoms. The Balaban J connectivity index is 0.000000243. The molecule has 0 saturated carbocycles. The van der Waals surface area contributed by atoms with Gasteiger partial charge in [-0.25, -0.2) is 0 Å². The summed E-state index contributed by atoms with van der Waals surface area (Å²) in [6.07, 6.45) is -0.289. The maximum absolute atomic E-state index is 8.85. The van der Waals surface area contributed by atoms with Crippen LogP contribution in [-0.4, -0.2) is 14.5 Å². The fourth-order valence-corrected chi connectivity index (χ4v) is 7.11. The van der Waals surface area contributed by atoms with E-state index in [1.807, 2.05) is 54.6 Å². The van der Waals surface area contributed by atoms with Gasteiger partial charge in [0, 0.05) is 43.0 Å². The van der Waals surface area contributed by atoms with Gasteiger partial charge >= 0.3 is 0 Å². The molecule has 263 valence electrons. The predicted molar refractivity (Wildman–Crippen MR) is 216 cm³/mol. The van der Waals surface area contributed by atoms with Crippen molar-refractivity contribution in [2.75, 3.05) is 0 Å². The molecule has 0 amide bonds. The van der Waals surface area contributed by atoms with E-state index in [0.717, 1.165) is 32.5 Å². The first-order valence-electron chi connectivity index (χ1n) is 21.1. The summed E-state index contributed by atoms with van der Waals surface area (Å²) in [7, 11) is 0. The number of imidazole rings is 1. The van der Waals surface area contributed by atoms with Gasteiger partial charge in [-0.1, -0.05) is 141 Å². The summed E-state index contributed by atoms with van der Waals surface area (Å²) in [6.45, 7) is 4.65. The average Bonchev–Trinajstić information content (AvgIpc) is 3.82. The van der Waals surface area contributed by atoms with Crippen molar-refractivity contribution in [1.82, 2.24) is 14.5 Å². The van der Waals surface area contributed by atoms with E-state index in [4.69, 9.17) is 16.0 Å². The Kier molecular flexibility index (Phi) is 8.77. The Hall–Kier alpha value is -4.67. The van der Waals surface area contributed by atoms with Gasteiger partial charge in [0.1, 0.15) is 0 Å². The van der Waals surface area contributed by atoms with Crippen LogP contribution in [0.3, 0.4) is 0 Å². The van der Waals surface area contributed by atoms with Crippen LogP contribution in [0.25, 0.3) is 49.5 Å². The van der Waals surface area contributed by atoms with Crippen molar-refractivity contribution >= 4 is 32.5 Å². The van der Waals surface area contributed by atoms with Gasteiger partial charge in [-0.2, -0.15) is 0 Å². The van der Waals surface area contributed by atoms with E-state index in [1.165, 1.54) is 52.5 Å². The standard InChI is InChI=1S/C34H31N2S.C13H12N.Ir/c1-22(2)26-13-10-14-27(23(3)4)33(26)36-31-16-9-8-15-30(31)35-34(36)29-21-37-32-20-25(17-18-28(29)32)19-24-11-6-5-7-12-24;1-10-3-6-12(7-4-10)13-8-5-11(2)9-14-13;/h5-18,20,22-23H,19H2,1-4H3;3-6,8-9H,1-2H3;/q2*-1;/i19D2;1D3,2D3;. The van der Waals surface area contributed by atoms with Crippen molar-refractivity contribution in [3.63, 3.8) is 0 Å². The van der Waals surface area contributed by atoms with Crippen LogP contribution < -0.4 is 0 Å². The number of hydrogen-bond donors (Lipinski definition) is 0. The average molecular weight is 882 g/mol. The molecule has 0 aliphatic rings. The molecule has 3 aromatic heterocycles. The fourth-order valence-electron chi connectivity index (χ4n) is 6.23. The van der Waals surface area contributed by atoms with Crippen LogP contribution in [0, 0.1) is 25.2 Å². The predicted octanol–water partition coefficient (Wildman–Crippen LogP) is 12.7. The Morgan fingerprint density at radius 3 is 2.17 bits per heavy atom. The molecule has 0 N–H and O–H groups in total. The van der Waals surface area contributed by atoms with E-state index in [-0.39, 0.29) is 31.2 Å². The minimum Gasteiger partial charge on any atom is -0.333 e. The van der Waals surface area contributed by atoms with E-state index in [0.29, 0.717) is 34.2 Å². The summed E-state index contributed by atoms with van der Waals surface area (Å²) < 4.78 is 64.7. The molecular formula is C47H43IrN3S-2. The second-order valence-corrected chi connectivity index (χ2v) is 13.9. The minimum absolute atomic E-state index is 0. The van der Waals surface area contributed by atoms with Crippen LogP contribution in [0.15, 0.2) is 128 Å². The van der Waals surface area contributed by atoms with Crippen LogP contribution in [0.2, 0.25) is 0 Å². The van der Waals surface area contributed by atoms with Crippen LogP contribution in [0.1, 0.15) is 83.9 Å². The normalized spacial score (nSPS) is 14.2. The number of fused-ring (bicyclic) bond motifs is 2. The van der Waals surface area contributed by atoms with Gasteiger partial charge in [0.15, 0.2) is 0 Å². The number of benzene rings is 5. The Morgan fingerprint density at radius 2 is 1.50 bits per heavy atom. The molecule has 0 spiro atoms. The van der Waals surface area contributed by atoms with E-state index in [9.17, 15) is 0 Å². The zero-order chi connectivity index (χ0) is 42.3. The van der Waals surface area contributed by atoms with Gasteiger partial charge in [-0.3, -0.25) is 16.3 Å². The first kappa shape index (κ1) is 27.9. The van der Waals surface area contributed by atoms with E-state index < -0.39 is 20.1 Å². The second kappa shape index (κ2) is 16.3. The van der Waals surface area contributed by atoms with Gasteiger partial charge in [-0.05, 0) is 65.1 Å². The number of aromatic nitrogens is 3. The summed E-state index contributed by atoms with van der Waals surface area (Å²) in [5.41, 5.74) is 9.61. The van der Waals surface area contributed by atoms with E-state index >= 15 is 0 Å². The number of thiophene rings is 1. The third-order valence-corrected chi connectivity index (χ3v) is 9.64. The molecule has 0 unspecified atom stereocenters. The molecule has 1 radical (unpaired) electrons. The topological polar surface area (TPSA) is 30.7 Å². The SMILES string of the molecule is [2H]C([2H])([2H])c1c[c-]c(-c2ccc(C([2H])([2H])[2H])cn2)cc1.[2H]C([2H])(c1ccccc1)c1ccc2c(-c3nc4ccccc4n3-c3c(C(C)C)cccc3C(C)C)[c-]sc2c1.[Ir]. The van der Waals surface area contributed by atoms with Crippen LogP contribution >= 0.6 is 11.3 Å². The van der Waals surface area contributed by atoms with Crippen LogP contribution in [0.5, 0.6) is 0 Å². The molecule has 8 rings (SSSR count). The van der Waals surface area contributed by atoms with Crippen molar-refractivity contribution < 1.29 is 31.1 Å². The third kappa shape index (κ3) is 7.88. The van der Waals surface area contributed by atoms with Gasteiger partial charge < -0.3 is 9.55 Å². The van der Waals surface area contributed by atoms with Crippen LogP contribution in [-0.2, 0) is 26.5 Å². The number of para-hydroxylation sites is 3. The molecule has 5 aromatic carbocycles. The molecule has 0 aliphatic carbocycles. The smallest absolute Gasteiger partial charge is 0.0774 e. The van der Waals surface area contributed by atoms with Crippen molar-refractivity contribution in [3.8, 4) is 28.3 Å². The van der Waals surface area contributed by atoms with Crippen molar-refractivity contribution in [2.24, 2.45) is 0 Å². The fraction of sp³-hybridized carbons (Fsp3) is 0.191. The third-order valence-electron chi connectivity index (χ3n) is 8.78. The largest absolute Gasteiger partial charge is 0.333 e. The Bertz CT molecular complexity index is 2640. The maximum Gasteiger partial charge on any atom is 0.0774 e. The zero-order valence-electron chi connectivity index (χ0n) is 37.4. The molecule has 3 heterocycles. The summed E-state index contributed by atoms with van der Waals surface area (Å²) in [4.78, 5) is 9.24. The Labute approximate surface area is 337 Å². The quantitative estimate of drug-likeness (QED) is 0.149. The van der Waals surface area contributed by atoms with Crippen molar-refractivity contribution in [3.05, 3.63) is 172 Å².